The minimum Gasteiger partial charge on any atom is -0.507 e. The van der Waals surface area contributed by atoms with Crippen LogP contribution in [0.1, 0.15) is 24.1 Å². The number of halogens is 1. The Kier molecular flexibility index (Phi) is 4.07. The first-order chi connectivity index (χ1) is 9.88. The molecule has 0 aliphatic heterocycles. The number of benzene rings is 2. The number of nitro benzene ring substituents is 1. The Morgan fingerprint density at radius 2 is 2.00 bits per heavy atom. The summed E-state index contributed by atoms with van der Waals surface area (Å²) < 4.78 is 13.0. The Morgan fingerprint density at radius 1 is 1.29 bits per heavy atom. The predicted octanol–water partition coefficient (Wildman–Crippen LogP) is 3.92. The zero-order valence-corrected chi connectivity index (χ0v) is 11.6. The van der Waals surface area contributed by atoms with Crippen LogP contribution in [0.4, 0.5) is 15.8 Å². The Morgan fingerprint density at radius 3 is 2.57 bits per heavy atom. The molecule has 21 heavy (non-hydrogen) atoms. The maximum Gasteiger partial charge on any atom is 0.269 e. The van der Waals surface area contributed by atoms with Gasteiger partial charge in [0.2, 0.25) is 0 Å². The van der Waals surface area contributed by atoms with Crippen molar-refractivity contribution in [2.75, 3.05) is 5.32 Å². The van der Waals surface area contributed by atoms with Crippen molar-refractivity contribution < 1.29 is 14.4 Å². The molecule has 0 aromatic heterocycles. The van der Waals surface area contributed by atoms with Gasteiger partial charge in [0.15, 0.2) is 0 Å². The first-order valence-corrected chi connectivity index (χ1v) is 6.38. The van der Waals surface area contributed by atoms with E-state index in [0.717, 1.165) is 17.3 Å². The number of rotatable bonds is 4. The molecule has 0 saturated heterocycles. The van der Waals surface area contributed by atoms with E-state index < -0.39 is 10.7 Å². The van der Waals surface area contributed by atoms with Crippen LogP contribution in [0.5, 0.6) is 5.75 Å². The van der Waals surface area contributed by atoms with Crippen LogP contribution >= 0.6 is 0 Å². The number of non-ortho nitro benzene ring substituents is 1. The molecule has 0 radical (unpaired) electrons. The van der Waals surface area contributed by atoms with E-state index in [0.29, 0.717) is 5.56 Å². The highest BCUT2D eigenvalue weighted by Crippen LogP contribution is 2.29. The highest BCUT2D eigenvalue weighted by molar-refractivity contribution is 5.57. The number of nitro groups is 1. The Hall–Kier alpha value is -2.63. The number of hydrogen-bond acceptors (Lipinski definition) is 4. The van der Waals surface area contributed by atoms with E-state index in [-0.39, 0.29) is 17.5 Å². The van der Waals surface area contributed by atoms with Gasteiger partial charge in [-0.15, -0.1) is 0 Å². The molecule has 1 unspecified atom stereocenters. The molecule has 2 rings (SSSR count). The summed E-state index contributed by atoms with van der Waals surface area (Å²) in [5.74, 6) is -0.635. The van der Waals surface area contributed by atoms with Gasteiger partial charge < -0.3 is 10.4 Å². The molecule has 0 saturated carbocycles. The molecule has 2 aromatic carbocycles. The number of aryl methyl sites for hydroxylation is 1. The fourth-order valence-corrected chi connectivity index (χ4v) is 2.12. The number of hydrogen-bond donors (Lipinski definition) is 2. The van der Waals surface area contributed by atoms with Crippen LogP contribution in [0.3, 0.4) is 0 Å². The van der Waals surface area contributed by atoms with Gasteiger partial charge >= 0.3 is 0 Å². The molecule has 1 atom stereocenters. The standard InChI is InChI=1S/C15H15FN2O3/c1-9-7-12(18(20)21)4-6-14(9)17-10(2)13-5-3-11(16)8-15(13)19/h3-8,10,17,19H,1-2H3. The maximum atomic E-state index is 13.0. The fourth-order valence-electron chi connectivity index (χ4n) is 2.12. The maximum absolute atomic E-state index is 13.0. The zero-order chi connectivity index (χ0) is 15.6. The smallest absolute Gasteiger partial charge is 0.269 e. The number of nitrogens with zero attached hydrogens (tertiary/aromatic N) is 1. The molecule has 5 nitrogen and oxygen atoms in total. The first kappa shape index (κ1) is 14.8. The third-order valence-electron chi connectivity index (χ3n) is 3.25. The molecule has 0 aliphatic carbocycles. The van der Waals surface area contributed by atoms with Gasteiger partial charge in [-0.3, -0.25) is 10.1 Å². The molecule has 0 amide bonds. The zero-order valence-electron chi connectivity index (χ0n) is 11.6. The summed E-state index contributed by atoms with van der Waals surface area (Å²) in [7, 11) is 0. The monoisotopic (exact) mass is 290 g/mol. The molecule has 2 aromatic rings. The van der Waals surface area contributed by atoms with Crippen LogP contribution < -0.4 is 5.32 Å². The van der Waals surface area contributed by atoms with Crippen molar-refractivity contribution in [3.63, 3.8) is 0 Å². The van der Waals surface area contributed by atoms with Crippen LogP contribution in [0.25, 0.3) is 0 Å². The number of aromatic hydroxyl groups is 1. The van der Waals surface area contributed by atoms with E-state index >= 15 is 0 Å². The minimum atomic E-state index is -0.505. The van der Waals surface area contributed by atoms with Gasteiger partial charge in [-0.05, 0) is 31.5 Å². The van der Waals surface area contributed by atoms with E-state index in [2.05, 4.69) is 5.32 Å². The lowest BCUT2D eigenvalue weighted by Gasteiger charge is -2.18. The van der Waals surface area contributed by atoms with Crippen molar-refractivity contribution in [2.24, 2.45) is 0 Å². The van der Waals surface area contributed by atoms with Gasteiger partial charge in [-0.1, -0.05) is 6.07 Å². The molecule has 0 fully saturated rings. The highest BCUT2D eigenvalue weighted by Gasteiger charge is 2.13. The summed E-state index contributed by atoms with van der Waals surface area (Å²) in [4.78, 5) is 10.2. The summed E-state index contributed by atoms with van der Waals surface area (Å²) in [5, 5.41) is 23.6. The van der Waals surface area contributed by atoms with E-state index in [9.17, 15) is 19.6 Å². The second-order valence-corrected chi connectivity index (χ2v) is 4.83. The van der Waals surface area contributed by atoms with Gasteiger partial charge in [0, 0.05) is 29.4 Å². The Bertz CT molecular complexity index is 689. The number of phenols is 1. The van der Waals surface area contributed by atoms with Crippen LogP contribution in [0.15, 0.2) is 36.4 Å². The molecule has 6 heteroatoms. The van der Waals surface area contributed by atoms with Crippen LogP contribution in [-0.2, 0) is 0 Å². The molecule has 0 spiro atoms. The summed E-state index contributed by atoms with van der Waals surface area (Å²) in [5.41, 5.74) is 2.01. The third-order valence-corrected chi connectivity index (χ3v) is 3.25. The summed E-state index contributed by atoms with van der Waals surface area (Å²) >= 11 is 0. The molecule has 110 valence electrons. The number of phenolic OH excluding ortho intramolecular Hbond substituents is 1. The van der Waals surface area contributed by atoms with Crippen molar-refractivity contribution in [1.29, 1.82) is 0 Å². The van der Waals surface area contributed by atoms with E-state index in [1.54, 1.807) is 13.0 Å². The largest absolute Gasteiger partial charge is 0.507 e. The van der Waals surface area contributed by atoms with Crippen molar-refractivity contribution in [2.45, 2.75) is 19.9 Å². The third kappa shape index (κ3) is 3.28. The fraction of sp³-hybridized carbons (Fsp3) is 0.200. The molecule has 0 heterocycles. The van der Waals surface area contributed by atoms with Gasteiger partial charge in [-0.25, -0.2) is 4.39 Å². The number of nitrogens with one attached hydrogen (secondary N) is 1. The SMILES string of the molecule is Cc1cc([N+](=O)[O-])ccc1NC(C)c1ccc(F)cc1O. The molecular weight excluding hydrogens is 275 g/mol. The summed E-state index contributed by atoms with van der Waals surface area (Å²) in [6, 6.07) is 8.05. The second kappa shape index (κ2) is 5.78. The molecule has 2 N–H and O–H groups in total. The molecule has 0 aliphatic rings. The number of anilines is 1. The predicted molar refractivity (Wildman–Crippen MR) is 77.9 cm³/mol. The van der Waals surface area contributed by atoms with Crippen molar-refractivity contribution >= 4 is 11.4 Å². The van der Waals surface area contributed by atoms with Gasteiger partial charge in [0.1, 0.15) is 11.6 Å². The van der Waals surface area contributed by atoms with Gasteiger partial charge in [0.05, 0.1) is 11.0 Å². The lowest BCUT2D eigenvalue weighted by molar-refractivity contribution is -0.384. The van der Waals surface area contributed by atoms with E-state index in [1.807, 2.05) is 6.92 Å². The van der Waals surface area contributed by atoms with Crippen molar-refractivity contribution in [3.05, 3.63) is 63.5 Å². The van der Waals surface area contributed by atoms with Crippen LogP contribution in [-0.4, -0.2) is 10.0 Å². The van der Waals surface area contributed by atoms with Crippen LogP contribution in [0, 0.1) is 22.9 Å². The average molecular weight is 290 g/mol. The van der Waals surface area contributed by atoms with E-state index in [1.165, 1.54) is 24.3 Å². The van der Waals surface area contributed by atoms with Crippen molar-refractivity contribution in [1.82, 2.24) is 0 Å². The average Bonchev–Trinajstić information content (AvgIpc) is 2.40. The Balaban J connectivity index is 2.23. The lowest BCUT2D eigenvalue weighted by Crippen LogP contribution is -2.08. The topological polar surface area (TPSA) is 75.4 Å². The second-order valence-electron chi connectivity index (χ2n) is 4.83. The van der Waals surface area contributed by atoms with Crippen molar-refractivity contribution in [3.8, 4) is 5.75 Å². The minimum absolute atomic E-state index is 0.0235. The Labute approximate surface area is 121 Å². The van der Waals surface area contributed by atoms with Crippen LogP contribution in [0.2, 0.25) is 0 Å². The normalized spacial score (nSPS) is 12.0. The lowest BCUT2D eigenvalue weighted by atomic mass is 10.1. The summed E-state index contributed by atoms with van der Waals surface area (Å²) in [6.07, 6.45) is 0. The molecular formula is C15H15FN2O3. The highest BCUT2D eigenvalue weighted by atomic mass is 19.1. The quantitative estimate of drug-likeness (QED) is 0.661. The molecule has 0 bridgehead atoms. The van der Waals surface area contributed by atoms with Gasteiger partial charge in [0.25, 0.3) is 5.69 Å². The first-order valence-electron chi connectivity index (χ1n) is 6.38. The summed E-state index contributed by atoms with van der Waals surface area (Å²) in [6.45, 7) is 3.57. The van der Waals surface area contributed by atoms with Gasteiger partial charge in [-0.2, -0.15) is 0 Å². The van der Waals surface area contributed by atoms with E-state index in [4.69, 9.17) is 0 Å².